The minimum atomic E-state index is -4.62. The molecule has 0 aliphatic rings. The highest BCUT2D eigenvalue weighted by molar-refractivity contribution is 5.80. The molecule has 0 saturated heterocycles. The minimum absolute atomic E-state index is 0.0226. The van der Waals surface area contributed by atoms with E-state index in [2.05, 4.69) is 4.74 Å². The Morgan fingerprint density at radius 1 is 0.958 bits per heavy atom. The molecule has 0 bridgehead atoms. The number of rotatable bonds is 6. The molecule has 0 spiro atoms. The molecule has 0 aromatic heterocycles. The van der Waals surface area contributed by atoms with Crippen LogP contribution in [0.1, 0.15) is 68.2 Å². The lowest BCUT2D eigenvalue weighted by Gasteiger charge is -2.36. The molecule has 0 radical (unpaired) electrons. The second kappa shape index (κ2) is 7.31. The number of hydrogen-bond donors (Lipinski definition) is 0. The topological polar surface area (TPSA) is 52.6 Å². The van der Waals surface area contributed by atoms with Crippen molar-refractivity contribution in [1.82, 2.24) is 0 Å². The van der Waals surface area contributed by atoms with Crippen LogP contribution in [0.3, 0.4) is 0 Å². The summed E-state index contributed by atoms with van der Waals surface area (Å²) in [4.78, 5) is 24.6. The summed E-state index contributed by atoms with van der Waals surface area (Å²) in [7, 11) is 0. The first-order chi connectivity index (χ1) is 10.4. The zero-order valence-corrected chi connectivity index (χ0v) is 15.8. The van der Waals surface area contributed by atoms with Crippen LogP contribution in [-0.4, -0.2) is 29.8 Å². The number of ether oxygens (including phenoxy) is 2. The van der Waals surface area contributed by atoms with Crippen LogP contribution in [-0.2, 0) is 19.1 Å². The molecule has 0 N–H and O–H groups in total. The van der Waals surface area contributed by atoms with Gasteiger partial charge in [-0.3, -0.25) is 9.59 Å². The molecule has 2 atom stereocenters. The van der Waals surface area contributed by atoms with E-state index in [1.165, 1.54) is 13.8 Å². The first kappa shape index (κ1) is 22.7. The molecular weight excluding hydrogens is 325 g/mol. The van der Waals surface area contributed by atoms with Crippen LogP contribution < -0.4 is 0 Å². The van der Waals surface area contributed by atoms with Gasteiger partial charge in [0.25, 0.3) is 0 Å². The van der Waals surface area contributed by atoms with Crippen LogP contribution in [0.5, 0.6) is 0 Å². The Bertz CT molecular complexity index is 463. The maximum Gasteiger partial charge on any atom is 0.425 e. The third kappa shape index (κ3) is 6.69. The lowest BCUT2D eigenvalue weighted by molar-refractivity contribution is -0.222. The van der Waals surface area contributed by atoms with Gasteiger partial charge in [0, 0.05) is 0 Å². The summed E-state index contributed by atoms with van der Waals surface area (Å²) in [6.45, 7) is 12.3. The van der Waals surface area contributed by atoms with E-state index in [1.807, 2.05) is 0 Å². The van der Waals surface area contributed by atoms with Crippen LogP contribution in [0.25, 0.3) is 0 Å². The Kier molecular flexibility index (Phi) is 6.93. The van der Waals surface area contributed by atoms with Gasteiger partial charge in [-0.05, 0) is 61.3 Å². The molecule has 0 aliphatic carbocycles. The quantitative estimate of drug-likeness (QED) is 0.651. The molecular formula is C17H29F3O4. The minimum Gasteiger partial charge on any atom is -0.460 e. The number of hydrogen-bond acceptors (Lipinski definition) is 4. The van der Waals surface area contributed by atoms with E-state index in [4.69, 9.17) is 4.74 Å². The predicted molar refractivity (Wildman–Crippen MR) is 84.3 cm³/mol. The maximum atomic E-state index is 12.6. The SMILES string of the molecule is CCC(C)(CC(C)(C)C(=O)OC(C)C(F)(F)F)C(=O)OC(C)(C)C. The first-order valence-corrected chi connectivity index (χ1v) is 7.96. The van der Waals surface area contributed by atoms with Crippen molar-refractivity contribution >= 4 is 11.9 Å². The summed E-state index contributed by atoms with van der Waals surface area (Å²) < 4.78 is 47.6. The van der Waals surface area contributed by atoms with E-state index in [0.717, 1.165) is 6.92 Å². The zero-order valence-electron chi connectivity index (χ0n) is 15.8. The molecule has 2 unspecified atom stereocenters. The third-order valence-corrected chi connectivity index (χ3v) is 3.80. The summed E-state index contributed by atoms with van der Waals surface area (Å²) in [6.07, 6.45) is -6.41. The molecule has 24 heavy (non-hydrogen) atoms. The van der Waals surface area contributed by atoms with Gasteiger partial charge in [-0.1, -0.05) is 6.92 Å². The van der Waals surface area contributed by atoms with Crippen molar-refractivity contribution in [2.24, 2.45) is 10.8 Å². The normalized spacial score (nSPS) is 17.0. The molecule has 142 valence electrons. The lowest BCUT2D eigenvalue weighted by atomic mass is 9.72. The fraction of sp³-hybridized carbons (Fsp3) is 0.882. The van der Waals surface area contributed by atoms with Crippen molar-refractivity contribution < 1.29 is 32.2 Å². The molecule has 0 heterocycles. The third-order valence-electron chi connectivity index (χ3n) is 3.80. The van der Waals surface area contributed by atoms with E-state index in [-0.39, 0.29) is 6.42 Å². The highest BCUT2D eigenvalue weighted by atomic mass is 19.4. The Labute approximate surface area is 142 Å². The van der Waals surface area contributed by atoms with Crippen LogP contribution in [0, 0.1) is 10.8 Å². The average molecular weight is 354 g/mol. The van der Waals surface area contributed by atoms with E-state index >= 15 is 0 Å². The molecule has 4 nitrogen and oxygen atoms in total. The summed E-state index contributed by atoms with van der Waals surface area (Å²) in [6, 6.07) is 0. The van der Waals surface area contributed by atoms with Gasteiger partial charge in [-0.2, -0.15) is 13.2 Å². The number of esters is 2. The predicted octanol–water partition coefficient (Wildman–Crippen LogP) is 4.65. The number of carbonyl (C=O) groups excluding carboxylic acids is 2. The van der Waals surface area contributed by atoms with Crippen LogP contribution in [0.15, 0.2) is 0 Å². The molecule has 0 saturated carbocycles. The van der Waals surface area contributed by atoms with Crippen molar-refractivity contribution in [2.45, 2.75) is 86.1 Å². The molecule has 0 aromatic carbocycles. The van der Waals surface area contributed by atoms with Crippen molar-refractivity contribution in [3.8, 4) is 0 Å². The highest BCUT2D eigenvalue weighted by Gasteiger charge is 2.46. The fourth-order valence-electron chi connectivity index (χ4n) is 2.18. The van der Waals surface area contributed by atoms with Gasteiger partial charge < -0.3 is 9.47 Å². The van der Waals surface area contributed by atoms with E-state index < -0.39 is 40.6 Å². The summed E-state index contributed by atoms with van der Waals surface area (Å²) in [5.74, 6) is -1.47. The van der Waals surface area contributed by atoms with Crippen LogP contribution in [0.4, 0.5) is 13.2 Å². The molecule has 0 aromatic rings. The lowest BCUT2D eigenvalue weighted by Crippen LogP contribution is -2.42. The second-order valence-corrected chi connectivity index (χ2v) is 8.07. The van der Waals surface area contributed by atoms with E-state index in [9.17, 15) is 22.8 Å². The van der Waals surface area contributed by atoms with Crippen molar-refractivity contribution in [3.05, 3.63) is 0 Å². The summed E-state index contributed by atoms with van der Waals surface area (Å²) in [5.41, 5.74) is -2.96. The Morgan fingerprint density at radius 2 is 1.42 bits per heavy atom. The van der Waals surface area contributed by atoms with Crippen LogP contribution in [0.2, 0.25) is 0 Å². The maximum absolute atomic E-state index is 12.6. The first-order valence-electron chi connectivity index (χ1n) is 7.96. The van der Waals surface area contributed by atoms with Gasteiger partial charge in [-0.15, -0.1) is 0 Å². The fourth-order valence-corrected chi connectivity index (χ4v) is 2.18. The molecule has 0 amide bonds. The van der Waals surface area contributed by atoms with Gasteiger partial charge in [0.2, 0.25) is 0 Å². The molecule has 0 aliphatic heterocycles. The Morgan fingerprint density at radius 3 is 1.75 bits per heavy atom. The zero-order chi connectivity index (χ0) is 19.6. The van der Waals surface area contributed by atoms with Crippen molar-refractivity contribution in [2.75, 3.05) is 0 Å². The van der Waals surface area contributed by atoms with Gasteiger partial charge >= 0.3 is 18.1 Å². The standard InChI is InChI=1S/C17H29F3O4/c1-9-16(8,13(22)24-14(3,4)5)10-15(6,7)12(21)23-11(2)17(18,19)20/h11H,9-10H2,1-8H3. The van der Waals surface area contributed by atoms with Gasteiger partial charge in [0.1, 0.15) is 5.60 Å². The molecule has 0 rings (SSSR count). The van der Waals surface area contributed by atoms with Crippen molar-refractivity contribution in [3.63, 3.8) is 0 Å². The number of carbonyl (C=O) groups is 2. The Hall–Kier alpha value is -1.27. The largest absolute Gasteiger partial charge is 0.460 e. The molecule has 7 heteroatoms. The smallest absolute Gasteiger partial charge is 0.425 e. The van der Waals surface area contributed by atoms with Gasteiger partial charge in [0.15, 0.2) is 6.10 Å². The number of alkyl halides is 3. The Balaban J connectivity index is 5.21. The second-order valence-electron chi connectivity index (χ2n) is 8.07. The van der Waals surface area contributed by atoms with E-state index in [1.54, 1.807) is 34.6 Å². The summed E-state index contributed by atoms with van der Waals surface area (Å²) >= 11 is 0. The van der Waals surface area contributed by atoms with Gasteiger partial charge in [-0.25, -0.2) is 0 Å². The van der Waals surface area contributed by atoms with Gasteiger partial charge in [0.05, 0.1) is 10.8 Å². The highest BCUT2D eigenvalue weighted by Crippen LogP contribution is 2.40. The number of halogens is 3. The monoisotopic (exact) mass is 354 g/mol. The van der Waals surface area contributed by atoms with E-state index in [0.29, 0.717) is 6.42 Å². The molecule has 0 fully saturated rings. The van der Waals surface area contributed by atoms with Crippen molar-refractivity contribution in [1.29, 1.82) is 0 Å². The average Bonchev–Trinajstić information content (AvgIpc) is 2.34. The summed E-state index contributed by atoms with van der Waals surface area (Å²) in [5, 5.41) is 0. The van der Waals surface area contributed by atoms with Crippen LogP contribution >= 0.6 is 0 Å².